The van der Waals surface area contributed by atoms with Gasteiger partial charge in [-0.1, -0.05) is 19.9 Å². The molecule has 0 atom stereocenters. The number of pyridine rings is 1. The molecule has 1 N–H and O–H groups in total. The molecule has 1 aromatic rings. The molecule has 0 spiro atoms. The lowest BCUT2D eigenvalue weighted by atomic mass is 9.76. The van der Waals surface area contributed by atoms with Gasteiger partial charge in [-0.3, -0.25) is 0 Å². The number of ether oxygens (including phenoxy) is 1. The van der Waals surface area contributed by atoms with E-state index in [0.717, 1.165) is 25.3 Å². The van der Waals surface area contributed by atoms with Crippen LogP contribution in [0.25, 0.3) is 0 Å². The van der Waals surface area contributed by atoms with E-state index < -0.39 is 0 Å². The number of aromatic nitrogens is 1. The summed E-state index contributed by atoms with van der Waals surface area (Å²) in [7, 11) is 0. The second-order valence-corrected chi connectivity index (χ2v) is 8.09. The monoisotopic (exact) mass is 290 g/mol. The summed E-state index contributed by atoms with van der Waals surface area (Å²) >= 11 is 0. The first-order valence-corrected chi connectivity index (χ1v) is 8.10. The average molecular weight is 290 g/mol. The van der Waals surface area contributed by atoms with E-state index in [0.29, 0.717) is 11.5 Å². The first-order valence-electron chi connectivity index (χ1n) is 8.10. The molecule has 0 aromatic carbocycles. The maximum Gasteiger partial charge on any atom is 0.213 e. The van der Waals surface area contributed by atoms with E-state index >= 15 is 0 Å². The second kappa shape index (κ2) is 6.35. The van der Waals surface area contributed by atoms with Crippen molar-refractivity contribution < 1.29 is 4.74 Å². The summed E-state index contributed by atoms with van der Waals surface area (Å²) in [5.74, 6) is 0.763. The van der Waals surface area contributed by atoms with E-state index in [2.05, 4.69) is 51.0 Å². The highest BCUT2D eigenvalue weighted by atomic mass is 16.5. The molecule has 2 rings (SSSR count). The third kappa shape index (κ3) is 5.66. The molecule has 3 heteroatoms. The van der Waals surface area contributed by atoms with Gasteiger partial charge in [0.25, 0.3) is 0 Å². The van der Waals surface area contributed by atoms with E-state index in [9.17, 15) is 0 Å². The normalized spacial score (nSPS) is 19.5. The molecular formula is C18H30N2O. The van der Waals surface area contributed by atoms with Crippen molar-refractivity contribution in [1.29, 1.82) is 0 Å². The Labute approximate surface area is 129 Å². The van der Waals surface area contributed by atoms with Crippen LogP contribution in [-0.2, 0) is 6.54 Å². The van der Waals surface area contributed by atoms with Gasteiger partial charge in [0, 0.05) is 24.3 Å². The van der Waals surface area contributed by atoms with Crippen LogP contribution in [-0.4, -0.2) is 16.6 Å². The van der Waals surface area contributed by atoms with E-state index in [1.165, 1.54) is 18.4 Å². The van der Waals surface area contributed by atoms with Gasteiger partial charge in [-0.2, -0.15) is 0 Å². The van der Waals surface area contributed by atoms with Crippen LogP contribution >= 0.6 is 0 Å². The molecule has 3 nitrogen and oxygen atoms in total. The largest absolute Gasteiger partial charge is 0.474 e. The lowest BCUT2D eigenvalue weighted by Gasteiger charge is -2.34. The molecule has 0 aliphatic heterocycles. The fourth-order valence-corrected chi connectivity index (χ4v) is 2.61. The van der Waals surface area contributed by atoms with Crippen molar-refractivity contribution in [2.24, 2.45) is 5.41 Å². The Morgan fingerprint density at radius 1 is 1.24 bits per heavy atom. The third-order valence-corrected chi connectivity index (χ3v) is 4.19. The Balaban J connectivity index is 1.83. The molecule has 0 unspecified atom stereocenters. The Bertz CT molecular complexity index is 435. The van der Waals surface area contributed by atoms with Crippen molar-refractivity contribution in [3.8, 4) is 5.88 Å². The number of hydrogen-bond donors (Lipinski definition) is 1. The minimum absolute atomic E-state index is 0.129. The summed E-state index contributed by atoms with van der Waals surface area (Å²) in [6, 6.07) is 4.10. The highest BCUT2D eigenvalue weighted by Crippen LogP contribution is 2.36. The third-order valence-electron chi connectivity index (χ3n) is 4.19. The summed E-state index contributed by atoms with van der Waals surface area (Å²) in [6.45, 7) is 12.0. The van der Waals surface area contributed by atoms with Crippen LogP contribution in [0.4, 0.5) is 0 Å². The Morgan fingerprint density at radius 3 is 2.43 bits per heavy atom. The van der Waals surface area contributed by atoms with Gasteiger partial charge in [0.2, 0.25) is 5.88 Å². The minimum Gasteiger partial charge on any atom is -0.474 e. The fraction of sp³-hybridized carbons (Fsp3) is 0.722. The molecule has 0 bridgehead atoms. The van der Waals surface area contributed by atoms with Crippen molar-refractivity contribution in [3.05, 3.63) is 23.9 Å². The molecular weight excluding hydrogens is 260 g/mol. The van der Waals surface area contributed by atoms with Gasteiger partial charge in [0.05, 0.1) is 0 Å². The highest BCUT2D eigenvalue weighted by Gasteiger charge is 2.27. The lowest BCUT2D eigenvalue weighted by molar-refractivity contribution is 0.0949. The lowest BCUT2D eigenvalue weighted by Crippen LogP contribution is -2.35. The first-order chi connectivity index (χ1) is 9.73. The van der Waals surface area contributed by atoms with E-state index in [-0.39, 0.29) is 5.54 Å². The molecule has 0 radical (unpaired) electrons. The van der Waals surface area contributed by atoms with Gasteiger partial charge >= 0.3 is 0 Å². The molecule has 21 heavy (non-hydrogen) atoms. The molecule has 0 saturated heterocycles. The van der Waals surface area contributed by atoms with Crippen molar-refractivity contribution in [3.63, 3.8) is 0 Å². The number of nitrogens with one attached hydrogen (secondary N) is 1. The zero-order valence-corrected chi connectivity index (χ0v) is 14.2. The van der Waals surface area contributed by atoms with Gasteiger partial charge in [-0.15, -0.1) is 0 Å². The van der Waals surface area contributed by atoms with Crippen LogP contribution in [0, 0.1) is 5.41 Å². The van der Waals surface area contributed by atoms with Crippen molar-refractivity contribution >= 4 is 0 Å². The smallest absolute Gasteiger partial charge is 0.213 e. The summed E-state index contributed by atoms with van der Waals surface area (Å²) in [5, 5.41) is 3.47. The Morgan fingerprint density at radius 2 is 1.90 bits per heavy atom. The standard InChI is InChI=1S/C18H30N2O/c1-17(2,3)20-13-14-6-7-16(19-12-14)21-15-8-10-18(4,5)11-9-15/h6-7,12,15,20H,8-11,13H2,1-5H3. The SMILES string of the molecule is CC1(C)CCC(Oc2ccc(CNC(C)(C)C)cn2)CC1. The fourth-order valence-electron chi connectivity index (χ4n) is 2.61. The van der Waals surface area contributed by atoms with Gasteiger partial charge < -0.3 is 10.1 Å². The molecule has 1 saturated carbocycles. The molecule has 1 aromatic heterocycles. The number of hydrogen-bond acceptors (Lipinski definition) is 3. The second-order valence-electron chi connectivity index (χ2n) is 8.09. The molecule has 1 heterocycles. The predicted molar refractivity (Wildman–Crippen MR) is 87.5 cm³/mol. The maximum atomic E-state index is 6.02. The van der Waals surface area contributed by atoms with Crippen molar-refractivity contribution in [1.82, 2.24) is 10.3 Å². The minimum atomic E-state index is 0.129. The average Bonchev–Trinajstić information content (AvgIpc) is 2.40. The van der Waals surface area contributed by atoms with Gasteiger partial charge in [0.15, 0.2) is 0 Å². The van der Waals surface area contributed by atoms with Crippen LogP contribution in [0.3, 0.4) is 0 Å². The van der Waals surface area contributed by atoms with Crippen LogP contribution in [0.2, 0.25) is 0 Å². The van der Waals surface area contributed by atoms with Gasteiger partial charge in [-0.05, 0) is 57.4 Å². The molecule has 0 amide bonds. The van der Waals surface area contributed by atoms with Crippen LogP contribution in [0.5, 0.6) is 5.88 Å². The van der Waals surface area contributed by atoms with E-state index in [1.54, 1.807) is 0 Å². The topological polar surface area (TPSA) is 34.1 Å². The van der Waals surface area contributed by atoms with Crippen LogP contribution in [0.1, 0.15) is 65.9 Å². The quantitative estimate of drug-likeness (QED) is 0.897. The molecule has 118 valence electrons. The summed E-state index contributed by atoms with van der Waals surface area (Å²) in [5.41, 5.74) is 1.81. The molecule has 1 fully saturated rings. The first kappa shape index (κ1) is 16.3. The zero-order valence-electron chi connectivity index (χ0n) is 14.2. The van der Waals surface area contributed by atoms with Crippen molar-refractivity contribution in [2.75, 3.05) is 0 Å². The Hall–Kier alpha value is -1.09. The van der Waals surface area contributed by atoms with Gasteiger partial charge in [0.1, 0.15) is 6.10 Å². The Kier molecular flexibility index (Phi) is 4.92. The predicted octanol–water partition coefficient (Wildman–Crippen LogP) is 4.32. The zero-order chi connectivity index (χ0) is 15.5. The number of rotatable bonds is 4. The number of nitrogens with zero attached hydrogens (tertiary/aromatic N) is 1. The summed E-state index contributed by atoms with van der Waals surface area (Å²) in [6.07, 6.45) is 7.02. The van der Waals surface area contributed by atoms with E-state index in [4.69, 9.17) is 4.74 Å². The molecule has 1 aliphatic rings. The maximum absolute atomic E-state index is 6.02. The highest BCUT2D eigenvalue weighted by molar-refractivity contribution is 5.18. The van der Waals surface area contributed by atoms with Crippen molar-refractivity contribution in [2.45, 2.75) is 78.5 Å². The van der Waals surface area contributed by atoms with E-state index in [1.807, 2.05) is 12.3 Å². The van der Waals surface area contributed by atoms with Crippen LogP contribution in [0.15, 0.2) is 18.3 Å². The summed E-state index contributed by atoms with van der Waals surface area (Å²) in [4.78, 5) is 4.45. The van der Waals surface area contributed by atoms with Gasteiger partial charge in [-0.25, -0.2) is 4.98 Å². The summed E-state index contributed by atoms with van der Waals surface area (Å²) < 4.78 is 6.02. The van der Waals surface area contributed by atoms with Crippen LogP contribution < -0.4 is 10.1 Å². The molecule has 1 aliphatic carbocycles.